The molecule has 2 aliphatic rings. The monoisotopic (exact) mass is 271 g/mol. The molecule has 0 aromatic rings. The summed E-state index contributed by atoms with van der Waals surface area (Å²) in [7, 11) is 0. The zero-order valence-electron chi connectivity index (χ0n) is 10.4. The lowest BCUT2D eigenvalue weighted by Crippen LogP contribution is -2.44. The maximum absolute atomic E-state index is 12.0. The summed E-state index contributed by atoms with van der Waals surface area (Å²) < 4.78 is 5.49. The fourth-order valence-electron chi connectivity index (χ4n) is 2.89. The molecule has 2 fully saturated rings. The van der Waals surface area contributed by atoms with E-state index in [1.54, 1.807) is 0 Å². The van der Waals surface area contributed by atoms with Crippen molar-refractivity contribution in [2.75, 3.05) is 6.54 Å². The fraction of sp³-hybridized carbons (Fsp3) is 0.750. The molecule has 19 heavy (non-hydrogen) atoms. The highest BCUT2D eigenvalue weighted by Gasteiger charge is 2.55. The third kappa shape index (κ3) is 2.86. The Morgan fingerprint density at radius 1 is 1.11 bits per heavy atom. The van der Waals surface area contributed by atoms with Gasteiger partial charge in [-0.3, -0.25) is 14.4 Å². The summed E-state index contributed by atoms with van der Waals surface area (Å²) in [6.45, 7) is 0.241. The molecular formula is C12H17NO6. The van der Waals surface area contributed by atoms with Gasteiger partial charge in [-0.1, -0.05) is 0 Å². The van der Waals surface area contributed by atoms with E-state index in [2.05, 4.69) is 5.32 Å². The maximum Gasteiger partial charge on any atom is 0.310 e. The first-order chi connectivity index (χ1) is 9.00. The van der Waals surface area contributed by atoms with Gasteiger partial charge in [-0.2, -0.15) is 0 Å². The lowest BCUT2D eigenvalue weighted by Gasteiger charge is -2.23. The molecule has 0 saturated carbocycles. The molecule has 2 bridgehead atoms. The number of fused-ring (bicyclic) bond motifs is 2. The molecule has 2 rings (SSSR count). The zero-order valence-corrected chi connectivity index (χ0v) is 10.4. The number of hydrogen-bond acceptors (Lipinski definition) is 4. The first-order valence-electron chi connectivity index (χ1n) is 6.38. The van der Waals surface area contributed by atoms with Crippen LogP contribution in [0.5, 0.6) is 0 Å². The number of ether oxygens (including phenoxy) is 1. The van der Waals surface area contributed by atoms with E-state index in [0.717, 1.165) is 0 Å². The third-order valence-electron chi connectivity index (χ3n) is 3.73. The minimum atomic E-state index is -1.00. The van der Waals surface area contributed by atoms with Gasteiger partial charge in [0.15, 0.2) is 0 Å². The first-order valence-corrected chi connectivity index (χ1v) is 6.38. The van der Waals surface area contributed by atoms with Crippen LogP contribution in [-0.4, -0.2) is 46.8 Å². The summed E-state index contributed by atoms with van der Waals surface area (Å²) in [6.07, 6.45) is 1.03. The van der Waals surface area contributed by atoms with E-state index < -0.39 is 23.8 Å². The van der Waals surface area contributed by atoms with Crippen LogP contribution in [0.25, 0.3) is 0 Å². The van der Waals surface area contributed by atoms with Gasteiger partial charge < -0.3 is 20.3 Å². The molecule has 7 heteroatoms. The Labute approximate surface area is 109 Å². The van der Waals surface area contributed by atoms with Gasteiger partial charge in [0.05, 0.1) is 24.0 Å². The molecular weight excluding hydrogens is 254 g/mol. The van der Waals surface area contributed by atoms with Gasteiger partial charge in [-0.15, -0.1) is 0 Å². The molecule has 0 spiro atoms. The largest absolute Gasteiger partial charge is 0.481 e. The summed E-state index contributed by atoms with van der Waals surface area (Å²) in [5.41, 5.74) is 0. The van der Waals surface area contributed by atoms with Crippen LogP contribution in [0.2, 0.25) is 0 Å². The Balaban J connectivity index is 1.87. The van der Waals surface area contributed by atoms with Crippen molar-refractivity contribution in [3.05, 3.63) is 0 Å². The minimum Gasteiger partial charge on any atom is -0.481 e. The van der Waals surface area contributed by atoms with Crippen LogP contribution >= 0.6 is 0 Å². The summed E-state index contributed by atoms with van der Waals surface area (Å²) in [5, 5.41) is 20.2. The van der Waals surface area contributed by atoms with Crippen molar-refractivity contribution in [3.8, 4) is 0 Å². The van der Waals surface area contributed by atoms with Crippen LogP contribution in [0, 0.1) is 11.8 Å². The van der Waals surface area contributed by atoms with Crippen molar-refractivity contribution in [1.29, 1.82) is 0 Å². The smallest absolute Gasteiger partial charge is 0.310 e. The van der Waals surface area contributed by atoms with Crippen molar-refractivity contribution in [3.63, 3.8) is 0 Å². The van der Waals surface area contributed by atoms with E-state index in [9.17, 15) is 14.4 Å². The minimum absolute atomic E-state index is 0.0180. The highest BCUT2D eigenvalue weighted by atomic mass is 16.5. The van der Waals surface area contributed by atoms with E-state index in [1.807, 2.05) is 0 Å². The number of carboxylic acids is 2. The molecule has 3 N–H and O–H groups in total. The SMILES string of the molecule is O=C(O)CCCNC(=O)C1C2CCC(O2)C1C(=O)O. The van der Waals surface area contributed by atoms with Crippen LogP contribution in [0.4, 0.5) is 0 Å². The van der Waals surface area contributed by atoms with E-state index in [-0.39, 0.29) is 31.1 Å². The van der Waals surface area contributed by atoms with Gasteiger partial charge in [-0.25, -0.2) is 0 Å². The Bertz CT molecular complexity index is 396. The second kappa shape index (κ2) is 5.56. The highest BCUT2D eigenvalue weighted by molar-refractivity contribution is 5.86. The number of carboxylic acid groups (broad SMARTS) is 2. The average Bonchev–Trinajstić information content (AvgIpc) is 2.93. The summed E-state index contributed by atoms with van der Waals surface area (Å²) in [6, 6.07) is 0. The van der Waals surface area contributed by atoms with E-state index in [4.69, 9.17) is 14.9 Å². The van der Waals surface area contributed by atoms with Crippen LogP contribution in [0.15, 0.2) is 0 Å². The van der Waals surface area contributed by atoms with Crippen LogP contribution < -0.4 is 5.32 Å². The van der Waals surface area contributed by atoms with Gasteiger partial charge >= 0.3 is 11.9 Å². The van der Waals surface area contributed by atoms with Crippen LogP contribution in [0.3, 0.4) is 0 Å². The fourth-order valence-corrected chi connectivity index (χ4v) is 2.89. The lowest BCUT2D eigenvalue weighted by atomic mass is 9.78. The zero-order chi connectivity index (χ0) is 14.0. The number of carbonyl (C=O) groups is 3. The molecule has 106 valence electrons. The van der Waals surface area contributed by atoms with Crippen molar-refractivity contribution in [2.24, 2.45) is 11.8 Å². The molecule has 0 radical (unpaired) electrons. The quantitative estimate of drug-likeness (QED) is 0.579. The Morgan fingerprint density at radius 3 is 2.32 bits per heavy atom. The molecule has 0 aromatic carbocycles. The molecule has 0 aliphatic carbocycles. The van der Waals surface area contributed by atoms with E-state index in [0.29, 0.717) is 19.3 Å². The molecule has 1 amide bonds. The number of hydrogen-bond donors (Lipinski definition) is 3. The van der Waals surface area contributed by atoms with Gasteiger partial charge in [0, 0.05) is 13.0 Å². The van der Waals surface area contributed by atoms with Crippen LogP contribution in [0.1, 0.15) is 25.7 Å². The van der Waals surface area contributed by atoms with Gasteiger partial charge in [-0.05, 0) is 19.3 Å². The lowest BCUT2D eigenvalue weighted by molar-refractivity contribution is -0.147. The van der Waals surface area contributed by atoms with E-state index >= 15 is 0 Å². The summed E-state index contributed by atoms with van der Waals surface area (Å²) in [5.74, 6) is -3.69. The molecule has 4 unspecified atom stereocenters. The Hall–Kier alpha value is -1.63. The number of carbonyl (C=O) groups excluding carboxylic acids is 1. The predicted octanol–water partition coefficient (Wildman–Crippen LogP) is -0.154. The third-order valence-corrected chi connectivity index (χ3v) is 3.73. The number of rotatable bonds is 6. The van der Waals surface area contributed by atoms with Crippen molar-refractivity contribution in [1.82, 2.24) is 5.32 Å². The molecule has 2 aliphatic heterocycles. The van der Waals surface area contributed by atoms with E-state index in [1.165, 1.54) is 0 Å². The predicted molar refractivity (Wildman–Crippen MR) is 62.4 cm³/mol. The number of nitrogens with one attached hydrogen (secondary N) is 1. The average molecular weight is 271 g/mol. The first kappa shape index (κ1) is 13.8. The number of aliphatic carboxylic acids is 2. The van der Waals surface area contributed by atoms with Gasteiger partial charge in [0.2, 0.25) is 5.91 Å². The van der Waals surface area contributed by atoms with Crippen LogP contribution in [-0.2, 0) is 19.1 Å². The Morgan fingerprint density at radius 2 is 1.74 bits per heavy atom. The normalized spacial score (nSPS) is 32.2. The summed E-state index contributed by atoms with van der Waals surface area (Å²) in [4.78, 5) is 33.5. The van der Waals surface area contributed by atoms with Crippen molar-refractivity contribution in [2.45, 2.75) is 37.9 Å². The molecule has 2 heterocycles. The van der Waals surface area contributed by atoms with Crippen molar-refractivity contribution < 1.29 is 29.3 Å². The maximum atomic E-state index is 12.0. The van der Waals surface area contributed by atoms with Gasteiger partial charge in [0.1, 0.15) is 0 Å². The Kier molecular flexibility index (Phi) is 4.04. The topological polar surface area (TPSA) is 113 Å². The molecule has 0 aromatic heterocycles. The second-order valence-corrected chi connectivity index (χ2v) is 4.97. The molecule has 7 nitrogen and oxygen atoms in total. The molecule has 2 saturated heterocycles. The standard InChI is InChI=1S/C12H17NO6/c14-8(15)2-1-5-13-11(16)9-6-3-4-7(19-6)10(9)12(17)18/h6-7,9-10H,1-5H2,(H,13,16)(H,14,15)(H,17,18). The highest BCUT2D eigenvalue weighted by Crippen LogP contribution is 2.43. The van der Waals surface area contributed by atoms with Gasteiger partial charge in [0.25, 0.3) is 0 Å². The van der Waals surface area contributed by atoms with Crippen molar-refractivity contribution >= 4 is 17.8 Å². The second-order valence-electron chi connectivity index (χ2n) is 4.97. The molecule has 4 atom stereocenters. The number of amides is 1. The summed E-state index contributed by atoms with van der Waals surface area (Å²) >= 11 is 0.